The molecule has 4 heteroatoms. The van der Waals surface area contributed by atoms with Crippen molar-refractivity contribution < 1.29 is 4.74 Å². The largest absolute Gasteiger partial charge is 0.493 e. The van der Waals surface area contributed by atoms with E-state index in [1.165, 1.54) is 12.0 Å². The second-order valence-corrected chi connectivity index (χ2v) is 7.42. The van der Waals surface area contributed by atoms with E-state index in [-0.39, 0.29) is 0 Å². The number of fused-ring (bicyclic) bond motifs is 1. The monoisotopic (exact) mass is 429 g/mol. The Morgan fingerprint density at radius 2 is 1.88 bits per heavy atom. The molecule has 0 aromatic heterocycles. The molecular weight excluding hydrogens is 394 g/mol. The zero-order valence-electron chi connectivity index (χ0n) is 19.8. The zero-order valence-corrected chi connectivity index (χ0v) is 19.8. The van der Waals surface area contributed by atoms with Crippen LogP contribution in [0.5, 0.6) is 5.75 Å². The van der Waals surface area contributed by atoms with Crippen LogP contribution in [0.2, 0.25) is 0 Å². The topological polar surface area (TPSA) is 46.0 Å². The summed E-state index contributed by atoms with van der Waals surface area (Å²) in [6, 6.07) is 12.5. The Balaban J connectivity index is 0.00000114. The Hall–Kier alpha value is -3.40. The molecule has 1 aliphatic heterocycles. The summed E-state index contributed by atoms with van der Waals surface area (Å²) >= 11 is 0. The molecule has 1 aliphatic rings. The number of hydrogen-bond donors (Lipinski definition) is 1. The summed E-state index contributed by atoms with van der Waals surface area (Å²) in [6.07, 6.45) is 10.1. The molecule has 168 valence electrons. The van der Waals surface area contributed by atoms with Gasteiger partial charge < -0.3 is 10.1 Å². The van der Waals surface area contributed by atoms with E-state index < -0.39 is 0 Å². The zero-order chi connectivity index (χ0) is 23.3. The van der Waals surface area contributed by atoms with Gasteiger partial charge in [0.2, 0.25) is 0 Å². The van der Waals surface area contributed by atoms with Crippen LogP contribution in [0, 0.1) is 0 Å². The Morgan fingerprint density at radius 1 is 1.16 bits per heavy atom. The van der Waals surface area contributed by atoms with Crippen molar-refractivity contribution in [2.75, 3.05) is 20.2 Å². The van der Waals surface area contributed by atoms with Crippen molar-refractivity contribution in [3.63, 3.8) is 0 Å². The number of rotatable bonds is 7. The standard InChI is InChI=1S/C25H27N3O.C3H8/c1-5-7-8-18(6-2)17-28-25(27-4)22-16-20(9-11-23(22)26-3)19-10-12-24-21(15-19)13-14-29-24;1-3-2/h5-12,15-16H,2-3,13-14,17H2,1,4H3,(H,27,28);3H2,1-2H3/b7-5-,18-8+;. The number of hydrogen-bond acceptors (Lipinski definition) is 3. The second kappa shape index (κ2) is 13.1. The van der Waals surface area contributed by atoms with E-state index in [2.05, 4.69) is 66.7 Å². The van der Waals surface area contributed by atoms with E-state index in [1.807, 2.05) is 43.4 Å². The van der Waals surface area contributed by atoms with Gasteiger partial charge in [0.05, 0.1) is 12.3 Å². The van der Waals surface area contributed by atoms with Gasteiger partial charge in [-0.3, -0.25) is 9.98 Å². The van der Waals surface area contributed by atoms with Crippen LogP contribution >= 0.6 is 0 Å². The molecule has 0 bridgehead atoms. The summed E-state index contributed by atoms with van der Waals surface area (Å²) in [7, 11) is 1.78. The van der Waals surface area contributed by atoms with E-state index in [0.717, 1.165) is 52.6 Å². The predicted octanol–water partition coefficient (Wildman–Crippen LogP) is 6.69. The SMILES string of the molecule is C=C/C(=C\C=C/C)CNC(=NC)c1cc(-c2ccc3c(c2)CCO3)ccc1N=C.CCC. The average Bonchev–Trinajstić information content (AvgIpc) is 3.29. The molecule has 0 saturated heterocycles. The molecule has 0 unspecified atom stereocenters. The highest BCUT2D eigenvalue weighted by Gasteiger charge is 2.15. The number of nitrogens with zero attached hydrogens (tertiary/aromatic N) is 2. The third-order valence-corrected chi connectivity index (χ3v) is 4.89. The van der Waals surface area contributed by atoms with E-state index in [9.17, 15) is 0 Å². The van der Waals surface area contributed by atoms with Crippen LogP contribution < -0.4 is 10.1 Å². The van der Waals surface area contributed by atoms with Gasteiger partial charge >= 0.3 is 0 Å². The normalized spacial score (nSPS) is 13.1. The molecule has 0 amide bonds. The van der Waals surface area contributed by atoms with Gasteiger partial charge in [0, 0.05) is 25.6 Å². The van der Waals surface area contributed by atoms with Crippen molar-refractivity contribution in [3.05, 3.63) is 84.0 Å². The van der Waals surface area contributed by atoms with Crippen molar-refractivity contribution in [1.82, 2.24) is 5.32 Å². The fourth-order valence-corrected chi connectivity index (χ4v) is 3.31. The van der Waals surface area contributed by atoms with Crippen LogP contribution in [0.25, 0.3) is 11.1 Å². The Labute approximate surface area is 193 Å². The minimum atomic E-state index is 0.623. The number of amidine groups is 1. The first-order chi connectivity index (χ1) is 15.6. The lowest BCUT2D eigenvalue weighted by molar-refractivity contribution is 0.357. The molecular formula is C28H35N3O. The van der Waals surface area contributed by atoms with Crippen molar-refractivity contribution in [2.45, 2.75) is 33.6 Å². The Bertz CT molecular complexity index is 1020. The van der Waals surface area contributed by atoms with Crippen LogP contribution in [0.4, 0.5) is 5.69 Å². The maximum absolute atomic E-state index is 5.63. The maximum Gasteiger partial charge on any atom is 0.130 e. The highest BCUT2D eigenvalue weighted by molar-refractivity contribution is 6.04. The van der Waals surface area contributed by atoms with Gasteiger partial charge in [0.25, 0.3) is 0 Å². The third-order valence-electron chi connectivity index (χ3n) is 4.89. The van der Waals surface area contributed by atoms with Gasteiger partial charge in [-0.15, -0.1) is 0 Å². The second-order valence-electron chi connectivity index (χ2n) is 7.42. The van der Waals surface area contributed by atoms with Gasteiger partial charge in [0.15, 0.2) is 0 Å². The van der Waals surface area contributed by atoms with Crippen LogP contribution in [-0.4, -0.2) is 32.8 Å². The minimum absolute atomic E-state index is 0.623. The molecule has 0 aliphatic carbocycles. The molecule has 2 aromatic carbocycles. The number of aliphatic imine (C=N–C) groups is 2. The maximum atomic E-state index is 5.63. The number of allylic oxidation sites excluding steroid dienone is 3. The fourth-order valence-electron chi connectivity index (χ4n) is 3.31. The van der Waals surface area contributed by atoms with Gasteiger partial charge in [-0.05, 0) is 60.2 Å². The molecule has 32 heavy (non-hydrogen) atoms. The van der Waals surface area contributed by atoms with Crippen molar-refractivity contribution in [2.24, 2.45) is 9.98 Å². The Morgan fingerprint density at radius 3 is 2.53 bits per heavy atom. The van der Waals surface area contributed by atoms with Crippen LogP contribution in [-0.2, 0) is 6.42 Å². The van der Waals surface area contributed by atoms with E-state index in [4.69, 9.17) is 4.74 Å². The summed E-state index contributed by atoms with van der Waals surface area (Å²) in [6.45, 7) is 15.2. The molecule has 3 rings (SSSR count). The first-order valence-electron chi connectivity index (χ1n) is 11.1. The van der Waals surface area contributed by atoms with Gasteiger partial charge in [-0.2, -0.15) is 0 Å². The third kappa shape index (κ3) is 6.55. The smallest absolute Gasteiger partial charge is 0.130 e. The highest BCUT2D eigenvalue weighted by Crippen LogP contribution is 2.32. The van der Waals surface area contributed by atoms with E-state index in [0.29, 0.717) is 6.54 Å². The molecule has 0 radical (unpaired) electrons. The van der Waals surface area contributed by atoms with Gasteiger partial charge in [-0.25, -0.2) is 0 Å². The first-order valence-corrected chi connectivity index (χ1v) is 11.1. The molecule has 0 atom stereocenters. The summed E-state index contributed by atoms with van der Waals surface area (Å²) in [4.78, 5) is 8.66. The van der Waals surface area contributed by atoms with Crippen molar-refractivity contribution in [1.29, 1.82) is 0 Å². The predicted molar refractivity (Wildman–Crippen MR) is 140 cm³/mol. The van der Waals surface area contributed by atoms with Crippen LogP contribution in [0.15, 0.2) is 82.8 Å². The quantitative estimate of drug-likeness (QED) is 0.303. The summed E-state index contributed by atoms with van der Waals surface area (Å²) in [5.74, 6) is 1.76. The lowest BCUT2D eigenvalue weighted by Crippen LogP contribution is -2.26. The lowest BCUT2D eigenvalue weighted by atomic mass is 9.98. The van der Waals surface area contributed by atoms with Crippen LogP contribution in [0.1, 0.15) is 38.3 Å². The van der Waals surface area contributed by atoms with Gasteiger partial charge in [-0.1, -0.05) is 63.3 Å². The number of benzene rings is 2. The number of nitrogens with one attached hydrogen (secondary N) is 1. The molecule has 0 spiro atoms. The molecule has 1 N–H and O–H groups in total. The van der Waals surface area contributed by atoms with Gasteiger partial charge in [0.1, 0.15) is 11.6 Å². The lowest BCUT2D eigenvalue weighted by Gasteiger charge is -2.14. The highest BCUT2D eigenvalue weighted by atomic mass is 16.5. The van der Waals surface area contributed by atoms with Crippen molar-refractivity contribution >= 4 is 18.2 Å². The molecule has 1 heterocycles. The average molecular weight is 430 g/mol. The first kappa shape index (κ1) is 24.9. The minimum Gasteiger partial charge on any atom is -0.493 e. The molecule has 0 fully saturated rings. The Kier molecular flexibility index (Phi) is 10.2. The summed E-state index contributed by atoms with van der Waals surface area (Å²) < 4.78 is 5.63. The van der Waals surface area contributed by atoms with E-state index >= 15 is 0 Å². The molecule has 0 saturated carbocycles. The fraction of sp³-hybridized carbons (Fsp3) is 0.286. The molecule has 2 aromatic rings. The summed E-state index contributed by atoms with van der Waals surface area (Å²) in [5, 5.41) is 3.41. The number of ether oxygens (including phenoxy) is 1. The van der Waals surface area contributed by atoms with Crippen LogP contribution in [0.3, 0.4) is 0 Å². The molecule has 4 nitrogen and oxygen atoms in total. The van der Waals surface area contributed by atoms with Crippen molar-refractivity contribution in [3.8, 4) is 16.9 Å². The van der Waals surface area contributed by atoms with E-state index in [1.54, 1.807) is 7.05 Å². The summed E-state index contributed by atoms with van der Waals surface area (Å²) in [5.41, 5.74) is 6.31.